The molecular weight excluding hydrogens is 332 g/mol. The molecule has 6 heteroatoms. The molecule has 0 unspecified atom stereocenters. The van der Waals surface area contributed by atoms with E-state index < -0.39 is 0 Å². The van der Waals surface area contributed by atoms with Crippen LogP contribution in [0.15, 0.2) is 42.7 Å². The van der Waals surface area contributed by atoms with Crippen LogP contribution in [0.5, 0.6) is 0 Å². The fraction of sp³-hybridized carbons (Fsp3) is 0.316. The minimum Gasteiger partial charge on any atom is -0.360 e. The summed E-state index contributed by atoms with van der Waals surface area (Å²) in [5.74, 6) is 0.767. The first-order chi connectivity index (χ1) is 12.0. The van der Waals surface area contributed by atoms with Crippen molar-refractivity contribution >= 4 is 33.3 Å². The molecule has 0 radical (unpaired) electrons. The van der Waals surface area contributed by atoms with Crippen molar-refractivity contribution in [3.63, 3.8) is 0 Å². The fourth-order valence-electron chi connectivity index (χ4n) is 2.72. The molecule has 3 aromatic rings. The highest BCUT2D eigenvalue weighted by molar-refractivity contribution is 7.18. The van der Waals surface area contributed by atoms with Gasteiger partial charge in [-0.3, -0.25) is 4.79 Å². The Kier molecular flexibility index (Phi) is 5.28. The fourth-order valence-corrected chi connectivity index (χ4v) is 3.56. The van der Waals surface area contributed by atoms with E-state index in [0.29, 0.717) is 12.4 Å². The van der Waals surface area contributed by atoms with Gasteiger partial charge in [0.05, 0.1) is 11.9 Å². The number of anilines is 1. The number of thiophene rings is 1. The van der Waals surface area contributed by atoms with Gasteiger partial charge in [0, 0.05) is 17.5 Å². The Labute approximate surface area is 151 Å². The molecule has 0 aliphatic rings. The number of hydrogen-bond acceptors (Lipinski definition) is 5. The van der Waals surface area contributed by atoms with Crippen molar-refractivity contribution in [3.05, 3.63) is 53.2 Å². The second kappa shape index (κ2) is 7.61. The first kappa shape index (κ1) is 17.4. The number of fused-ring (bicyclic) bond motifs is 1. The number of benzene rings is 1. The molecular formula is C19H22N4OS. The lowest BCUT2D eigenvalue weighted by molar-refractivity contribution is -0.131. The SMILES string of the molecule is Cc1cc2c(NCC(=O)N(Cc3ccccc3)C(C)C)ncnc2s1. The minimum absolute atomic E-state index is 0.0533. The first-order valence-corrected chi connectivity index (χ1v) is 9.14. The van der Waals surface area contributed by atoms with E-state index in [9.17, 15) is 4.79 Å². The summed E-state index contributed by atoms with van der Waals surface area (Å²) >= 11 is 1.63. The standard InChI is InChI=1S/C19H22N4OS/c1-13(2)23(11-15-7-5-4-6-8-15)17(24)10-20-18-16-9-14(3)25-19(16)22-12-21-18/h4-9,12-13H,10-11H2,1-3H3,(H,20,21,22). The van der Waals surface area contributed by atoms with Crippen LogP contribution in [0.2, 0.25) is 0 Å². The summed E-state index contributed by atoms with van der Waals surface area (Å²) in [4.78, 5) is 25.3. The van der Waals surface area contributed by atoms with Crippen LogP contribution >= 0.6 is 11.3 Å². The molecule has 0 spiro atoms. The quantitative estimate of drug-likeness (QED) is 0.730. The van der Waals surface area contributed by atoms with Crippen molar-refractivity contribution in [2.45, 2.75) is 33.4 Å². The zero-order chi connectivity index (χ0) is 17.8. The third-order valence-corrected chi connectivity index (χ3v) is 4.96. The van der Waals surface area contributed by atoms with E-state index in [0.717, 1.165) is 15.8 Å². The molecule has 25 heavy (non-hydrogen) atoms. The predicted molar refractivity (Wildman–Crippen MR) is 103 cm³/mol. The Morgan fingerprint density at radius 3 is 2.72 bits per heavy atom. The van der Waals surface area contributed by atoms with Crippen LogP contribution in [0.1, 0.15) is 24.3 Å². The Morgan fingerprint density at radius 1 is 1.24 bits per heavy atom. The number of rotatable bonds is 6. The van der Waals surface area contributed by atoms with Gasteiger partial charge in [-0.2, -0.15) is 0 Å². The third-order valence-electron chi connectivity index (χ3n) is 4.00. The molecule has 130 valence electrons. The van der Waals surface area contributed by atoms with Gasteiger partial charge < -0.3 is 10.2 Å². The van der Waals surface area contributed by atoms with Crippen LogP contribution in [0.3, 0.4) is 0 Å². The molecule has 0 fully saturated rings. The van der Waals surface area contributed by atoms with Gasteiger partial charge in [-0.25, -0.2) is 9.97 Å². The number of nitrogens with one attached hydrogen (secondary N) is 1. The molecule has 0 saturated carbocycles. The summed E-state index contributed by atoms with van der Waals surface area (Å²) in [6.07, 6.45) is 1.54. The Hall–Kier alpha value is -2.47. The number of aromatic nitrogens is 2. The number of carbonyl (C=O) groups is 1. The van der Waals surface area contributed by atoms with Crippen molar-refractivity contribution in [3.8, 4) is 0 Å². The topological polar surface area (TPSA) is 58.1 Å². The maximum atomic E-state index is 12.7. The molecule has 0 atom stereocenters. The summed E-state index contributed by atoms with van der Waals surface area (Å²) in [5, 5.41) is 4.16. The van der Waals surface area contributed by atoms with Gasteiger partial charge in [0.15, 0.2) is 0 Å². The van der Waals surface area contributed by atoms with E-state index in [1.54, 1.807) is 11.3 Å². The van der Waals surface area contributed by atoms with Gasteiger partial charge >= 0.3 is 0 Å². The number of hydrogen-bond donors (Lipinski definition) is 1. The summed E-state index contributed by atoms with van der Waals surface area (Å²) < 4.78 is 0. The van der Waals surface area contributed by atoms with Crippen LogP contribution in [0.25, 0.3) is 10.2 Å². The smallest absolute Gasteiger partial charge is 0.242 e. The molecule has 1 N–H and O–H groups in total. The van der Waals surface area contributed by atoms with Gasteiger partial charge in [-0.15, -0.1) is 11.3 Å². The van der Waals surface area contributed by atoms with E-state index in [2.05, 4.69) is 21.4 Å². The molecule has 1 aromatic carbocycles. The molecule has 0 aliphatic carbocycles. The molecule has 0 aliphatic heterocycles. The predicted octanol–water partition coefficient (Wildman–Crippen LogP) is 3.85. The second-order valence-corrected chi connectivity index (χ2v) is 7.49. The molecule has 3 rings (SSSR count). The van der Waals surface area contributed by atoms with E-state index >= 15 is 0 Å². The largest absolute Gasteiger partial charge is 0.360 e. The molecule has 5 nitrogen and oxygen atoms in total. The third kappa shape index (κ3) is 4.14. The zero-order valence-electron chi connectivity index (χ0n) is 14.7. The van der Waals surface area contributed by atoms with Crippen LogP contribution < -0.4 is 5.32 Å². The summed E-state index contributed by atoms with van der Waals surface area (Å²) in [5.41, 5.74) is 1.13. The average Bonchev–Trinajstić information content (AvgIpc) is 2.99. The Balaban J connectivity index is 1.71. The van der Waals surface area contributed by atoms with Crippen molar-refractivity contribution in [2.24, 2.45) is 0 Å². The number of carbonyl (C=O) groups excluding carboxylic acids is 1. The normalized spacial score (nSPS) is 11.0. The molecule has 2 heterocycles. The Bertz CT molecular complexity index is 860. The first-order valence-electron chi connectivity index (χ1n) is 8.33. The lowest BCUT2D eigenvalue weighted by Crippen LogP contribution is -2.40. The lowest BCUT2D eigenvalue weighted by atomic mass is 10.2. The van der Waals surface area contributed by atoms with Crippen molar-refractivity contribution in [2.75, 3.05) is 11.9 Å². The van der Waals surface area contributed by atoms with Crippen molar-refractivity contribution in [1.29, 1.82) is 0 Å². The highest BCUT2D eigenvalue weighted by Gasteiger charge is 2.18. The highest BCUT2D eigenvalue weighted by atomic mass is 32.1. The van der Waals surface area contributed by atoms with E-state index in [1.807, 2.05) is 56.0 Å². The molecule has 0 bridgehead atoms. The van der Waals surface area contributed by atoms with Gasteiger partial charge in [0.25, 0.3) is 0 Å². The average molecular weight is 354 g/mol. The van der Waals surface area contributed by atoms with Crippen LogP contribution in [0, 0.1) is 6.92 Å². The van der Waals surface area contributed by atoms with E-state index in [1.165, 1.54) is 11.2 Å². The van der Waals surface area contributed by atoms with E-state index in [4.69, 9.17) is 0 Å². The van der Waals surface area contributed by atoms with Crippen LogP contribution in [-0.2, 0) is 11.3 Å². The van der Waals surface area contributed by atoms with Gasteiger partial charge in [-0.05, 0) is 32.4 Å². The monoisotopic (exact) mass is 354 g/mol. The highest BCUT2D eigenvalue weighted by Crippen LogP contribution is 2.27. The number of nitrogens with zero attached hydrogens (tertiary/aromatic N) is 3. The van der Waals surface area contributed by atoms with Gasteiger partial charge in [-0.1, -0.05) is 30.3 Å². The minimum atomic E-state index is 0.0533. The lowest BCUT2D eigenvalue weighted by Gasteiger charge is -2.27. The molecule has 0 saturated heterocycles. The van der Waals surface area contributed by atoms with Gasteiger partial charge in [0.2, 0.25) is 5.91 Å². The molecule has 1 amide bonds. The summed E-state index contributed by atoms with van der Waals surface area (Å²) in [6, 6.07) is 12.2. The maximum absolute atomic E-state index is 12.7. The van der Waals surface area contributed by atoms with Crippen molar-refractivity contribution in [1.82, 2.24) is 14.9 Å². The zero-order valence-corrected chi connectivity index (χ0v) is 15.5. The summed E-state index contributed by atoms with van der Waals surface area (Å²) in [7, 11) is 0. The number of amides is 1. The summed E-state index contributed by atoms with van der Waals surface area (Å²) in [6.45, 7) is 6.93. The van der Waals surface area contributed by atoms with Gasteiger partial charge in [0.1, 0.15) is 17.0 Å². The van der Waals surface area contributed by atoms with Crippen molar-refractivity contribution < 1.29 is 4.79 Å². The maximum Gasteiger partial charge on any atom is 0.242 e. The molecule has 2 aromatic heterocycles. The number of aryl methyl sites for hydroxylation is 1. The van der Waals surface area contributed by atoms with E-state index in [-0.39, 0.29) is 18.5 Å². The van der Waals surface area contributed by atoms with Crippen LogP contribution in [-0.4, -0.2) is 33.4 Å². The van der Waals surface area contributed by atoms with Crippen LogP contribution in [0.4, 0.5) is 5.82 Å². The Morgan fingerprint density at radius 2 is 2.00 bits per heavy atom. The second-order valence-electron chi connectivity index (χ2n) is 6.25.